The molecule has 1 amide bonds. The number of thioether (sulfide) groups is 1. The molecule has 1 aliphatic rings. The highest BCUT2D eigenvalue weighted by atomic mass is 32.2. The Morgan fingerprint density at radius 1 is 1.23 bits per heavy atom. The first-order valence-electron chi connectivity index (χ1n) is 8.78. The first-order chi connectivity index (χ1) is 12.4. The second kappa shape index (κ2) is 8.14. The fourth-order valence-electron chi connectivity index (χ4n) is 2.97. The average molecular weight is 375 g/mol. The van der Waals surface area contributed by atoms with Crippen LogP contribution in [0.5, 0.6) is 0 Å². The summed E-state index contributed by atoms with van der Waals surface area (Å²) in [7, 11) is 0. The number of aromatic nitrogens is 1. The lowest BCUT2D eigenvalue weighted by atomic mass is 10.2. The minimum atomic E-state index is -0.0788. The van der Waals surface area contributed by atoms with E-state index in [1.165, 1.54) is 11.8 Å². The summed E-state index contributed by atoms with van der Waals surface area (Å²) in [6, 6.07) is 7.94. The number of benzene rings is 1. The third-order valence-corrected chi connectivity index (χ3v) is 5.10. The Kier molecular flexibility index (Phi) is 5.88. The molecule has 0 bridgehead atoms. The van der Waals surface area contributed by atoms with E-state index >= 15 is 0 Å². The van der Waals surface area contributed by atoms with E-state index < -0.39 is 0 Å². The summed E-state index contributed by atoms with van der Waals surface area (Å²) in [5.41, 5.74) is 2.79. The van der Waals surface area contributed by atoms with Gasteiger partial charge >= 0.3 is 0 Å². The third-order valence-electron chi connectivity index (χ3n) is 4.27. The molecular formula is C19H25N3O3S. The number of morpholine rings is 1. The van der Waals surface area contributed by atoms with Crippen molar-refractivity contribution in [3.63, 3.8) is 0 Å². The maximum atomic E-state index is 12.1. The summed E-state index contributed by atoms with van der Waals surface area (Å²) < 4.78 is 11.2. The van der Waals surface area contributed by atoms with Gasteiger partial charge in [-0.2, -0.15) is 0 Å². The van der Waals surface area contributed by atoms with Gasteiger partial charge in [0.25, 0.3) is 5.22 Å². The van der Waals surface area contributed by atoms with E-state index in [1.54, 1.807) is 0 Å². The van der Waals surface area contributed by atoms with Gasteiger partial charge in [-0.05, 0) is 52.0 Å². The van der Waals surface area contributed by atoms with Crippen molar-refractivity contribution in [2.75, 3.05) is 29.1 Å². The molecule has 1 aromatic heterocycles. The molecule has 140 valence electrons. The van der Waals surface area contributed by atoms with Crippen molar-refractivity contribution in [1.82, 2.24) is 4.98 Å². The maximum Gasteiger partial charge on any atom is 0.256 e. The lowest BCUT2D eigenvalue weighted by Gasteiger charge is -2.36. The van der Waals surface area contributed by atoms with Crippen molar-refractivity contribution in [1.29, 1.82) is 0 Å². The minimum Gasteiger partial charge on any atom is -0.437 e. The van der Waals surface area contributed by atoms with E-state index in [0.717, 1.165) is 35.9 Å². The van der Waals surface area contributed by atoms with Crippen LogP contribution in [0.15, 0.2) is 33.9 Å². The number of nitrogens with one attached hydrogen (secondary N) is 1. The van der Waals surface area contributed by atoms with E-state index in [0.29, 0.717) is 5.22 Å². The molecule has 3 rings (SSSR count). The highest BCUT2D eigenvalue weighted by Gasteiger charge is 2.22. The molecular weight excluding hydrogens is 350 g/mol. The molecule has 2 atom stereocenters. The second-order valence-corrected chi connectivity index (χ2v) is 7.59. The van der Waals surface area contributed by atoms with Gasteiger partial charge in [-0.15, -0.1) is 0 Å². The number of nitrogens with zero attached hydrogens (tertiary/aromatic N) is 2. The van der Waals surface area contributed by atoms with Gasteiger partial charge in [-0.3, -0.25) is 4.79 Å². The summed E-state index contributed by atoms with van der Waals surface area (Å²) >= 11 is 1.30. The molecule has 1 saturated heterocycles. The monoisotopic (exact) mass is 375 g/mol. The zero-order chi connectivity index (χ0) is 18.7. The number of oxazole rings is 1. The summed E-state index contributed by atoms with van der Waals surface area (Å²) in [4.78, 5) is 18.7. The SMILES string of the molecule is Cc1nc(SCC(=O)Nc2ccc(N3C[C@@H](C)O[C@@H](C)C3)cc2)oc1C. The van der Waals surface area contributed by atoms with Crippen LogP contribution < -0.4 is 10.2 Å². The molecule has 2 heterocycles. The topological polar surface area (TPSA) is 67.6 Å². The molecule has 2 aromatic rings. The standard InChI is InChI=1S/C19H25N3O3S/c1-12-9-22(10-13(2)24-12)17-7-5-16(6-8-17)21-18(23)11-26-19-20-14(3)15(4)25-19/h5-8,12-13H,9-11H2,1-4H3,(H,21,23)/t12-,13+. The van der Waals surface area contributed by atoms with Gasteiger partial charge in [0.05, 0.1) is 23.7 Å². The van der Waals surface area contributed by atoms with Crippen LogP contribution in [0.4, 0.5) is 11.4 Å². The number of ether oxygens (including phenoxy) is 1. The molecule has 26 heavy (non-hydrogen) atoms. The number of amides is 1. The summed E-state index contributed by atoms with van der Waals surface area (Å²) in [5.74, 6) is 0.972. The fraction of sp³-hybridized carbons (Fsp3) is 0.474. The normalized spacial score (nSPS) is 20.2. The molecule has 7 heteroatoms. The van der Waals surface area contributed by atoms with Gasteiger partial charge in [-0.1, -0.05) is 11.8 Å². The van der Waals surface area contributed by atoms with Gasteiger partial charge in [0.2, 0.25) is 5.91 Å². The number of aryl methyl sites for hydroxylation is 2. The number of anilines is 2. The highest BCUT2D eigenvalue weighted by molar-refractivity contribution is 7.99. The van der Waals surface area contributed by atoms with Crippen LogP contribution in [-0.4, -0.2) is 41.9 Å². The number of hydrogen-bond donors (Lipinski definition) is 1. The van der Waals surface area contributed by atoms with Crippen LogP contribution >= 0.6 is 11.8 Å². The van der Waals surface area contributed by atoms with Crippen LogP contribution in [-0.2, 0) is 9.53 Å². The molecule has 1 N–H and O–H groups in total. The number of carbonyl (C=O) groups is 1. The first-order valence-corrected chi connectivity index (χ1v) is 9.76. The highest BCUT2D eigenvalue weighted by Crippen LogP contribution is 2.23. The maximum absolute atomic E-state index is 12.1. The van der Waals surface area contributed by atoms with E-state index in [2.05, 4.69) is 29.0 Å². The Morgan fingerprint density at radius 2 is 1.88 bits per heavy atom. The van der Waals surface area contributed by atoms with Gasteiger partial charge in [0, 0.05) is 24.5 Å². The van der Waals surface area contributed by atoms with Crippen molar-refractivity contribution in [2.45, 2.75) is 45.1 Å². The van der Waals surface area contributed by atoms with Crippen LogP contribution in [0.2, 0.25) is 0 Å². The Morgan fingerprint density at radius 3 is 2.46 bits per heavy atom. The zero-order valence-corrected chi connectivity index (χ0v) is 16.4. The molecule has 0 aliphatic carbocycles. The van der Waals surface area contributed by atoms with Gasteiger partial charge in [0.15, 0.2) is 0 Å². The summed E-state index contributed by atoms with van der Waals surface area (Å²) in [5, 5.41) is 3.44. The van der Waals surface area contributed by atoms with Gasteiger partial charge in [-0.25, -0.2) is 4.98 Å². The molecule has 0 spiro atoms. The van der Waals surface area contributed by atoms with Crippen LogP contribution in [0.1, 0.15) is 25.3 Å². The van der Waals surface area contributed by atoms with Crippen molar-refractivity contribution < 1.29 is 13.9 Å². The molecule has 0 unspecified atom stereocenters. The van der Waals surface area contributed by atoms with Crippen molar-refractivity contribution in [3.05, 3.63) is 35.7 Å². The van der Waals surface area contributed by atoms with E-state index in [-0.39, 0.29) is 23.9 Å². The predicted octanol–water partition coefficient (Wildman–Crippen LogP) is 3.64. The summed E-state index contributed by atoms with van der Waals surface area (Å²) in [6.45, 7) is 9.69. The number of rotatable bonds is 5. The van der Waals surface area contributed by atoms with Crippen LogP contribution in [0.3, 0.4) is 0 Å². The molecule has 0 saturated carbocycles. The predicted molar refractivity (Wildman–Crippen MR) is 104 cm³/mol. The molecule has 1 aromatic carbocycles. The third kappa shape index (κ3) is 4.80. The second-order valence-electron chi connectivity index (χ2n) is 6.67. The smallest absolute Gasteiger partial charge is 0.256 e. The van der Waals surface area contributed by atoms with Crippen molar-refractivity contribution in [2.24, 2.45) is 0 Å². The van der Waals surface area contributed by atoms with E-state index in [1.807, 2.05) is 38.1 Å². The Balaban J connectivity index is 1.52. The van der Waals surface area contributed by atoms with Crippen LogP contribution in [0, 0.1) is 13.8 Å². The number of hydrogen-bond acceptors (Lipinski definition) is 6. The van der Waals surface area contributed by atoms with Gasteiger partial charge in [0.1, 0.15) is 5.76 Å². The minimum absolute atomic E-state index is 0.0788. The van der Waals surface area contributed by atoms with Crippen molar-refractivity contribution >= 4 is 29.0 Å². The molecule has 1 aliphatic heterocycles. The lowest BCUT2D eigenvalue weighted by Crippen LogP contribution is -2.45. The first kappa shape index (κ1) is 18.8. The largest absolute Gasteiger partial charge is 0.437 e. The number of carbonyl (C=O) groups excluding carboxylic acids is 1. The summed E-state index contributed by atoms with van der Waals surface area (Å²) in [6.07, 6.45) is 0.440. The lowest BCUT2D eigenvalue weighted by molar-refractivity contribution is -0.113. The van der Waals surface area contributed by atoms with Crippen molar-refractivity contribution in [3.8, 4) is 0 Å². The Labute approximate surface area is 158 Å². The Hall–Kier alpha value is -1.99. The van der Waals surface area contributed by atoms with E-state index in [9.17, 15) is 4.79 Å². The zero-order valence-electron chi connectivity index (χ0n) is 15.6. The molecule has 1 fully saturated rings. The average Bonchev–Trinajstić information content (AvgIpc) is 2.91. The molecule has 0 radical (unpaired) electrons. The molecule has 6 nitrogen and oxygen atoms in total. The van der Waals surface area contributed by atoms with E-state index in [4.69, 9.17) is 9.15 Å². The fourth-order valence-corrected chi connectivity index (χ4v) is 3.69. The van der Waals surface area contributed by atoms with Crippen LogP contribution in [0.25, 0.3) is 0 Å². The Bertz CT molecular complexity index is 730. The van der Waals surface area contributed by atoms with Gasteiger partial charge < -0.3 is 19.4 Å². The quantitative estimate of drug-likeness (QED) is 0.805.